The molecular weight excluding hydrogens is 959 g/mol. The van der Waals surface area contributed by atoms with Gasteiger partial charge in [-0.15, -0.1) is 0 Å². The predicted octanol–water partition coefficient (Wildman–Crippen LogP) is 18.6. The summed E-state index contributed by atoms with van der Waals surface area (Å²) < 4.78 is 4.94. The van der Waals surface area contributed by atoms with Gasteiger partial charge in [-0.2, -0.15) is 0 Å². The first kappa shape index (κ1) is 60.2. The summed E-state index contributed by atoms with van der Waals surface area (Å²) >= 11 is 0.194. The molecule has 6 aromatic rings. The van der Waals surface area contributed by atoms with Crippen LogP contribution in [0.4, 0.5) is 22.7 Å². The van der Waals surface area contributed by atoms with E-state index in [2.05, 4.69) is 142 Å². The molecule has 1 aliphatic heterocycles. The van der Waals surface area contributed by atoms with Crippen molar-refractivity contribution in [3.63, 3.8) is 0 Å². The average molecular weight is 1040 g/mol. The summed E-state index contributed by atoms with van der Waals surface area (Å²) in [4.78, 5) is 29.5. The van der Waals surface area contributed by atoms with E-state index in [1.54, 1.807) is 0 Å². The standard InChI is InChI=1S/2C28H33N3.C4H8O.CH4.2ClH.Fe/c2*1-18(2)23-13-8-9-15-27(23)29-21(6)25-16-11-17-26(31-25)22(7)30-28-20(5)12-10-14-24(28)19(3)4;1-2-4-5-3-1;;;;/h2*8-19H,1-7H3;1-4H2;1H4;2*1H;/q;;;;;;+2/p-2. The van der Waals surface area contributed by atoms with Crippen molar-refractivity contribution in [2.24, 2.45) is 20.0 Å². The van der Waals surface area contributed by atoms with Gasteiger partial charge in [-0.25, -0.2) is 9.97 Å². The minimum atomic E-state index is 0. The molecule has 0 saturated carbocycles. The fourth-order valence-electron chi connectivity index (χ4n) is 7.87. The first-order chi connectivity index (χ1) is 33.5. The molecule has 3 heterocycles. The van der Waals surface area contributed by atoms with Gasteiger partial charge >= 0.3 is 33.3 Å². The molecule has 1 saturated heterocycles. The number of hydrogen-bond acceptors (Lipinski definition) is 7. The Bertz CT molecular complexity index is 2550. The monoisotopic (exact) mass is 1040 g/mol. The van der Waals surface area contributed by atoms with Gasteiger partial charge < -0.3 is 4.74 Å². The summed E-state index contributed by atoms with van der Waals surface area (Å²) in [6.07, 6.45) is 2.56. The Balaban J connectivity index is 0.000000320. The van der Waals surface area contributed by atoms with Gasteiger partial charge in [-0.1, -0.05) is 148 Å². The van der Waals surface area contributed by atoms with Crippen LogP contribution in [0.5, 0.6) is 0 Å². The number of aromatic nitrogens is 2. The molecular formula is C61H78Cl2FeN6O. The third-order valence-corrected chi connectivity index (χ3v) is 11.8. The van der Waals surface area contributed by atoms with Gasteiger partial charge in [0.1, 0.15) is 0 Å². The molecule has 0 N–H and O–H groups in total. The van der Waals surface area contributed by atoms with Crippen LogP contribution in [0.2, 0.25) is 0 Å². The van der Waals surface area contributed by atoms with Crippen LogP contribution in [0.1, 0.15) is 183 Å². The summed E-state index contributed by atoms with van der Waals surface area (Å²) in [6.45, 7) is 31.9. The fourth-order valence-corrected chi connectivity index (χ4v) is 7.87. The number of pyridine rings is 2. The molecule has 0 spiro atoms. The van der Waals surface area contributed by atoms with Crippen molar-refractivity contribution in [3.8, 4) is 0 Å². The van der Waals surface area contributed by atoms with Crippen LogP contribution in [-0.4, -0.2) is 46.0 Å². The molecule has 1 fully saturated rings. The third-order valence-electron chi connectivity index (χ3n) is 11.8. The Kier molecular flexibility index (Phi) is 26.1. The number of rotatable bonds is 12. The van der Waals surface area contributed by atoms with Crippen LogP contribution in [0.3, 0.4) is 0 Å². The van der Waals surface area contributed by atoms with Crippen molar-refractivity contribution < 1.29 is 17.9 Å². The van der Waals surface area contributed by atoms with Crippen LogP contribution >= 0.6 is 20.2 Å². The Morgan fingerprint density at radius 2 is 0.718 bits per heavy atom. The molecule has 0 radical (unpaired) electrons. The summed E-state index contributed by atoms with van der Waals surface area (Å²) in [5, 5.41) is 0. The van der Waals surface area contributed by atoms with Crippen molar-refractivity contribution in [1.29, 1.82) is 0 Å². The minimum absolute atomic E-state index is 0. The molecule has 2 aromatic heterocycles. The first-order valence-corrected chi connectivity index (χ1v) is 27.5. The second-order valence-electron chi connectivity index (χ2n) is 18.7. The van der Waals surface area contributed by atoms with E-state index in [0.29, 0.717) is 23.7 Å². The number of hydrogen-bond donors (Lipinski definition) is 0. The quantitative estimate of drug-likeness (QED) is 0.0904. The van der Waals surface area contributed by atoms with Gasteiger partial charge in [0.15, 0.2) is 0 Å². The molecule has 0 atom stereocenters. The summed E-state index contributed by atoms with van der Waals surface area (Å²) in [5.41, 5.74) is 18.6. The van der Waals surface area contributed by atoms with Crippen molar-refractivity contribution in [1.82, 2.24) is 9.97 Å². The van der Waals surface area contributed by atoms with Gasteiger partial charge in [0.25, 0.3) is 0 Å². The molecule has 7 nitrogen and oxygen atoms in total. The van der Waals surface area contributed by atoms with E-state index >= 15 is 0 Å². The topological polar surface area (TPSA) is 84.5 Å². The van der Waals surface area contributed by atoms with Gasteiger partial charge in [0, 0.05) is 13.2 Å². The van der Waals surface area contributed by atoms with E-state index in [9.17, 15) is 0 Å². The van der Waals surface area contributed by atoms with E-state index in [0.717, 1.165) is 81.6 Å². The van der Waals surface area contributed by atoms with Gasteiger partial charge in [0.2, 0.25) is 0 Å². The second kappa shape index (κ2) is 30.7. The molecule has 7 rings (SSSR count). The molecule has 0 unspecified atom stereocenters. The van der Waals surface area contributed by atoms with Crippen LogP contribution in [-0.2, 0) is 17.9 Å². The van der Waals surface area contributed by atoms with Crippen LogP contribution in [0.15, 0.2) is 141 Å². The van der Waals surface area contributed by atoms with Gasteiger partial charge in [-0.05, 0) is 148 Å². The van der Waals surface area contributed by atoms with Crippen molar-refractivity contribution in [3.05, 3.63) is 177 Å². The molecule has 0 amide bonds. The Morgan fingerprint density at radius 3 is 1.01 bits per heavy atom. The number of ether oxygens (including phenoxy) is 1. The van der Waals surface area contributed by atoms with E-state index in [-0.39, 0.29) is 20.6 Å². The molecule has 10 heteroatoms. The molecule has 1 aliphatic rings. The van der Waals surface area contributed by atoms with Crippen LogP contribution in [0.25, 0.3) is 0 Å². The Hall–Kier alpha value is -5.08. The zero-order valence-corrected chi connectivity index (χ0v) is 46.5. The number of halogens is 2. The number of aliphatic imine (C=N–C) groups is 4. The van der Waals surface area contributed by atoms with Crippen molar-refractivity contribution in [2.45, 2.75) is 141 Å². The zero-order chi connectivity index (χ0) is 51.3. The fraction of sp³-hybridized carbons (Fsp3) is 0.377. The van der Waals surface area contributed by atoms with Crippen molar-refractivity contribution >= 4 is 65.8 Å². The molecule has 380 valence electrons. The van der Waals surface area contributed by atoms with Gasteiger partial charge in [0.05, 0.1) is 68.4 Å². The van der Waals surface area contributed by atoms with E-state index in [1.165, 1.54) is 46.2 Å². The average Bonchev–Trinajstić information content (AvgIpc) is 3.94. The molecule has 0 bridgehead atoms. The van der Waals surface area contributed by atoms with E-state index in [4.69, 9.17) is 54.9 Å². The molecule has 4 aromatic carbocycles. The number of benzene rings is 4. The summed E-state index contributed by atoms with van der Waals surface area (Å²) in [7, 11) is 9.53. The Labute approximate surface area is 442 Å². The first-order valence-electron chi connectivity index (χ1n) is 24.4. The molecule has 71 heavy (non-hydrogen) atoms. The number of para-hydroxylation sites is 4. The number of nitrogens with zero attached hydrogens (tertiary/aromatic N) is 6. The van der Waals surface area contributed by atoms with Crippen molar-refractivity contribution in [2.75, 3.05) is 13.2 Å². The second-order valence-corrected chi connectivity index (χ2v) is 20.6. The summed E-state index contributed by atoms with van der Waals surface area (Å²) in [6, 6.07) is 41.5. The van der Waals surface area contributed by atoms with Crippen LogP contribution in [0, 0.1) is 13.8 Å². The summed E-state index contributed by atoms with van der Waals surface area (Å²) in [5.74, 6) is 1.68. The van der Waals surface area contributed by atoms with E-state index in [1.807, 2.05) is 76.2 Å². The zero-order valence-electron chi connectivity index (χ0n) is 43.9. The third kappa shape index (κ3) is 18.5. The maximum absolute atomic E-state index is 4.99. The SMILES string of the molecule is C.C1CCOC1.CC(=Nc1ccccc1C(C)C)c1cccc(C(C)=Nc2c(C)cccc2C(C)C)n1.CC(=Nc1ccccc1C(C)C)c1cccc(C(C)=Nc2c(C)cccc2C(C)C)n1.[Cl][Fe][Cl]. The normalized spacial score (nSPS) is 13.1. The maximum atomic E-state index is 4.99. The number of aryl methyl sites for hydroxylation is 2. The van der Waals surface area contributed by atoms with E-state index < -0.39 is 0 Å². The van der Waals surface area contributed by atoms with Crippen LogP contribution < -0.4 is 0 Å². The Morgan fingerprint density at radius 1 is 0.437 bits per heavy atom. The van der Waals surface area contributed by atoms with Gasteiger partial charge in [-0.3, -0.25) is 20.0 Å². The molecule has 0 aliphatic carbocycles. The predicted molar refractivity (Wildman–Crippen MR) is 306 cm³/mol.